The highest BCUT2D eigenvalue weighted by atomic mass is 19.2. The number of halogens is 4. The molecule has 3 heterocycles. The molecule has 13 heteroatoms. The number of piperazine rings is 1. The smallest absolute Gasteiger partial charge is 0.313 e. The first kappa shape index (κ1) is 29.5. The van der Waals surface area contributed by atoms with Gasteiger partial charge in [0, 0.05) is 56.3 Å². The number of nitrogens with zero attached hydrogens (tertiary/aromatic N) is 4. The Bertz CT molecular complexity index is 1560. The number of hydrogen-bond donors (Lipinski definition) is 2. The second-order valence-electron chi connectivity index (χ2n) is 10.2. The van der Waals surface area contributed by atoms with Gasteiger partial charge in [-0.3, -0.25) is 9.69 Å². The fraction of sp³-hybridized carbons (Fsp3) is 0.414. The van der Waals surface area contributed by atoms with E-state index in [0.717, 1.165) is 73.4 Å². The van der Waals surface area contributed by atoms with E-state index >= 15 is 0 Å². The maximum Gasteiger partial charge on any atom is 0.313 e. The van der Waals surface area contributed by atoms with Gasteiger partial charge in [0.25, 0.3) is 0 Å². The van der Waals surface area contributed by atoms with Crippen molar-refractivity contribution in [1.29, 1.82) is 0 Å². The molecule has 1 aliphatic rings. The summed E-state index contributed by atoms with van der Waals surface area (Å²) in [5.41, 5.74) is 9.69. The Kier molecular flexibility index (Phi) is 9.07. The van der Waals surface area contributed by atoms with Crippen LogP contribution in [0.4, 0.5) is 29.1 Å². The number of anilines is 2. The zero-order valence-corrected chi connectivity index (χ0v) is 23.2. The first-order chi connectivity index (χ1) is 20.2. The van der Waals surface area contributed by atoms with E-state index in [2.05, 4.69) is 42.5 Å². The average molecular weight is 589 g/mol. The van der Waals surface area contributed by atoms with Crippen molar-refractivity contribution in [2.24, 2.45) is 0 Å². The molecule has 4 aromatic rings. The minimum absolute atomic E-state index is 0.0443. The number of H-pyrrole nitrogens is 1. The van der Waals surface area contributed by atoms with Crippen LogP contribution in [-0.2, 0) is 16.0 Å². The number of hydrogen-bond acceptors (Lipinski definition) is 8. The first-order valence-electron chi connectivity index (χ1n) is 13.9. The molecule has 5 rings (SSSR count). The fourth-order valence-electron chi connectivity index (χ4n) is 4.95. The molecule has 0 aliphatic carbocycles. The van der Waals surface area contributed by atoms with Gasteiger partial charge >= 0.3 is 5.97 Å². The van der Waals surface area contributed by atoms with Gasteiger partial charge in [-0.25, -0.2) is 18.7 Å². The summed E-state index contributed by atoms with van der Waals surface area (Å²) in [5.74, 6) is -7.96. The maximum atomic E-state index is 13.7. The number of nitrogen functional groups attached to an aromatic ring is 1. The number of benzene rings is 2. The Morgan fingerprint density at radius 1 is 1.02 bits per heavy atom. The SMILES string of the molecule is CCCCc1nc2c(N)nc3ccc(N4CCN(CCOCCC(=O)Oc5c(F)c(F)cc(F)c5F)CC4)cc3c2[nH]1. The number of rotatable bonds is 11. The summed E-state index contributed by atoms with van der Waals surface area (Å²) in [5, 5.41) is 0.981. The number of nitrogens with two attached hydrogens (primary N) is 1. The molecule has 0 unspecified atom stereocenters. The number of aryl methyl sites for hydroxylation is 1. The molecule has 0 spiro atoms. The van der Waals surface area contributed by atoms with Gasteiger partial charge in [0.2, 0.25) is 17.4 Å². The Labute approximate surface area is 239 Å². The van der Waals surface area contributed by atoms with Gasteiger partial charge in [-0.05, 0) is 24.6 Å². The van der Waals surface area contributed by atoms with Crippen molar-refractivity contribution in [3.05, 3.63) is 53.4 Å². The molecule has 9 nitrogen and oxygen atoms in total. The lowest BCUT2D eigenvalue weighted by atomic mass is 10.1. The summed E-state index contributed by atoms with van der Waals surface area (Å²) in [6, 6.07) is 6.19. The van der Waals surface area contributed by atoms with Crippen LogP contribution in [-0.4, -0.2) is 71.8 Å². The molecule has 1 fully saturated rings. The van der Waals surface area contributed by atoms with Crippen LogP contribution in [0.3, 0.4) is 0 Å². The molecule has 1 aliphatic heterocycles. The van der Waals surface area contributed by atoms with Crippen molar-refractivity contribution in [2.75, 3.05) is 56.6 Å². The highest BCUT2D eigenvalue weighted by Gasteiger charge is 2.23. The van der Waals surface area contributed by atoms with E-state index in [-0.39, 0.29) is 19.1 Å². The number of pyridine rings is 1. The van der Waals surface area contributed by atoms with E-state index in [1.807, 2.05) is 12.1 Å². The Balaban J connectivity index is 1.09. The number of carbonyl (C=O) groups is 1. The number of aromatic nitrogens is 3. The molecule has 2 aromatic heterocycles. The molecular weight excluding hydrogens is 556 g/mol. The normalized spacial score (nSPS) is 14.3. The largest absolute Gasteiger partial charge is 0.420 e. The number of ether oxygens (including phenoxy) is 2. The Morgan fingerprint density at radius 2 is 1.76 bits per heavy atom. The minimum Gasteiger partial charge on any atom is -0.420 e. The van der Waals surface area contributed by atoms with Gasteiger partial charge in [0.15, 0.2) is 17.5 Å². The molecule has 0 atom stereocenters. The third-order valence-corrected chi connectivity index (χ3v) is 7.28. The number of esters is 1. The summed E-state index contributed by atoms with van der Waals surface area (Å²) in [4.78, 5) is 29.1. The van der Waals surface area contributed by atoms with Gasteiger partial charge in [-0.2, -0.15) is 8.78 Å². The van der Waals surface area contributed by atoms with Gasteiger partial charge in [0.05, 0.1) is 30.7 Å². The van der Waals surface area contributed by atoms with E-state index in [1.165, 1.54) is 0 Å². The minimum atomic E-state index is -1.77. The summed E-state index contributed by atoms with van der Waals surface area (Å²) in [6.07, 6.45) is 2.64. The van der Waals surface area contributed by atoms with E-state index in [4.69, 9.17) is 10.5 Å². The second-order valence-corrected chi connectivity index (χ2v) is 10.2. The van der Waals surface area contributed by atoms with Crippen LogP contribution in [0.25, 0.3) is 21.9 Å². The zero-order valence-electron chi connectivity index (χ0n) is 23.2. The summed E-state index contributed by atoms with van der Waals surface area (Å²) in [7, 11) is 0. The highest BCUT2D eigenvalue weighted by molar-refractivity contribution is 6.07. The second kappa shape index (κ2) is 12.9. The molecule has 42 heavy (non-hydrogen) atoms. The molecule has 0 saturated carbocycles. The topological polar surface area (TPSA) is 110 Å². The molecule has 3 N–H and O–H groups in total. The molecular formula is C29H32F4N6O3. The third kappa shape index (κ3) is 6.41. The summed E-state index contributed by atoms with van der Waals surface area (Å²) in [6.45, 7) is 6.22. The van der Waals surface area contributed by atoms with E-state index in [9.17, 15) is 22.4 Å². The van der Waals surface area contributed by atoms with E-state index in [1.54, 1.807) is 0 Å². The molecule has 224 valence electrons. The predicted molar refractivity (Wildman–Crippen MR) is 150 cm³/mol. The monoisotopic (exact) mass is 588 g/mol. The number of fused-ring (bicyclic) bond motifs is 3. The Morgan fingerprint density at radius 3 is 2.48 bits per heavy atom. The van der Waals surface area contributed by atoms with Crippen LogP contribution in [0, 0.1) is 23.3 Å². The Hall–Kier alpha value is -3.97. The summed E-state index contributed by atoms with van der Waals surface area (Å²) >= 11 is 0. The van der Waals surface area contributed by atoms with Crippen LogP contribution < -0.4 is 15.4 Å². The fourth-order valence-corrected chi connectivity index (χ4v) is 4.95. The van der Waals surface area contributed by atoms with Crippen molar-refractivity contribution in [3.8, 4) is 5.75 Å². The zero-order chi connectivity index (χ0) is 29.8. The van der Waals surface area contributed by atoms with Crippen molar-refractivity contribution in [1.82, 2.24) is 19.9 Å². The van der Waals surface area contributed by atoms with Gasteiger partial charge in [0.1, 0.15) is 11.3 Å². The van der Waals surface area contributed by atoms with E-state index in [0.29, 0.717) is 24.5 Å². The van der Waals surface area contributed by atoms with Gasteiger partial charge in [-0.15, -0.1) is 0 Å². The number of imidazole rings is 1. The van der Waals surface area contributed by atoms with Gasteiger partial charge in [-0.1, -0.05) is 13.3 Å². The molecule has 0 bridgehead atoms. The molecule has 1 saturated heterocycles. The standard InChI is InChI=1S/C29H32F4N6O3/c1-2-3-4-22-36-26-18-15-17(5-6-21(18)35-29(34)27(26)37-22)39-10-8-38(9-11-39)12-14-41-13-7-23(40)42-28-24(32)19(30)16-20(31)25(28)33/h5-6,15-16H,2-4,7-14H2,1H3,(H2,34,35)(H,36,37). The van der Waals surface area contributed by atoms with Crippen LogP contribution in [0.15, 0.2) is 24.3 Å². The maximum absolute atomic E-state index is 13.7. The molecule has 2 aromatic carbocycles. The summed E-state index contributed by atoms with van der Waals surface area (Å²) < 4.78 is 63.8. The van der Waals surface area contributed by atoms with Crippen LogP contribution >= 0.6 is 0 Å². The van der Waals surface area contributed by atoms with Crippen LogP contribution in [0.2, 0.25) is 0 Å². The van der Waals surface area contributed by atoms with Crippen LogP contribution in [0.1, 0.15) is 32.0 Å². The lowest BCUT2D eigenvalue weighted by molar-refractivity contribution is -0.136. The lowest BCUT2D eigenvalue weighted by Gasteiger charge is -2.36. The first-order valence-corrected chi connectivity index (χ1v) is 13.9. The van der Waals surface area contributed by atoms with Gasteiger partial charge < -0.3 is 25.1 Å². The van der Waals surface area contributed by atoms with Crippen LogP contribution in [0.5, 0.6) is 5.75 Å². The average Bonchev–Trinajstić information content (AvgIpc) is 3.43. The van der Waals surface area contributed by atoms with E-state index < -0.39 is 35.0 Å². The van der Waals surface area contributed by atoms with Crippen molar-refractivity contribution >= 4 is 39.4 Å². The van der Waals surface area contributed by atoms with Crippen molar-refractivity contribution in [3.63, 3.8) is 0 Å². The highest BCUT2D eigenvalue weighted by Crippen LogP contribution is 2.30. The lowest BCUT2D eigenvalue weighted by Crippen LogP contribution is -2.47. The quantitative estimate of drug-likeness (QED) is 0.0852. The molecule has 0 radical (unpaired) electrons. The van der Waals surface area contributed by atoms with Crippen molar-refractivity contribution in [2.45, 2.75) is 32.6 Å². The third-order valence-electron chi connectivity index (χ3n) is 7.28. The number of carbonyl (C=O) groups excluding carboxylic acids is 1. The van der Waals surface area contributed by atoms with Crippen molar-refractivity contribution < 1.29 is 31.8 Å². The molecule has 0 amide bonds. The number of nitrogens with one attached hydrogen (secondary N) is 1. The number of unbranched alkanes of at least 4 members (excludes halogenated alkanes) is 1. The predicted octanol–water partition coefficient (Wildman–Crippen LogP) is 4.73. The number of aromatic amines is 1.